The van der Waals surface area contributed by atoms with Gasteiger partial charge in [-0.05, 0) is 37.5 Å². The molecular weight excluding hydrogens is 188 g/mol. The summed E-state index contributed by atoms with van der Waals surface area (Å²) in [5.41, 5.74) is 0. The van der Waals surface area contributed by atoms with Gasteiger partial charge in [0, 0.05) is 13.2 Å². The van der Waals surface area contributed by atoms with Crippen LogP contribution in [0.25, 0.3) is 0 Å². The van der Waals surface area contributed by atoms with E-state index in [1.165, 1.54) is 57.8 Å². The first-order valence-corrected chi connectivity index (χ1v) is 6.58. The summed E-state index contributed by atoms with van der Waals surface area (Å²) in [6, 6.07) is 0. The van der Waals surface area contributed by atoms with Crippen LogP contribution < -0.4 is 0 Å². The third kappa shape index (κ3) is 5.53. The first-order valence-electron chi connectivity index (χ1n) is 6.58. The highest BCUT2D eigenvalue weighted by atomic mass is 16.3. The summed E-state index contributed by atoms with van der Waals surface area (Å²) in [5, 5.41) is 17.3. The van der Waals surface area contributed by atoms with Crippen molar-refractivity contribution in [3.8, 4) is 0 Å². The van der Waals surface area contributed by atoms with Crippen LogP contribution in [0, 0.1) is 11.8 Å². The Hall–Kier alpha value is -0.0800. The third-order valence-electron chi connectivity index (χ3n) is 3.72. The van der Waals surface area contributed by atoms with Gasteiger partial charge in [-0.2, -0.15) is 0 Å². The predicted molar refractivity (Wildman–Crippen MR) is 62.7 cm³/mol. The van der Waals surface area contributed by atoms with Crippen LogP contribution in [-0.4, -0.2) is 23.4 Å². The van der Waals surface area contributed by atoms with Gasteiger partial charge in [-0.15, -0.1) is 0 Å². The molecule has 2 saturated carbocycles. The maximum atomic E-state index is 8.69. The van der Waals surface area contributed by atoms with E-state index >= 15 is 0 Å². The van der Waals surface area contributed by atoms with Gasteiger partial charge in [-0.1, -0.05) is 32.1 Å². The standard InChI is InChI=1S/C7H14O.C6H12O/c8-6-7-4-2-1-3-5-7;7-5-6-3-1-2-4-6/h7-8H,1-6H2;6-7H,1-5H2. The summed E-state index contributed by atoms with van der Waals surface area (Å²) >= 11 is 0. The number of aliphatic hydroxyl groups excluding tert-OH is 2. The molecule has 0 saturated heterocycles. The van der Waals surface area contributed by atoms with E-state index in [1.54, 1.807) is 0 Å². The van der Waals surface area contributed by atoms with E-state index in [1.807, 2.05) is 0 Å². The fraction of sp³-hybridized carbons (Fsp3) is 1.00. The van der Waals surface area contributed by atoms with Crippen LogP contribution in [0.2, 0.25) is 0 Å². The number of hydrogen-bond donors (Lipinski definition) is 2. The van der Waals surface area contributed by atoms with E-state index in [-0.39, 0.29) is 0 Å². The minimum Gasteiger partial charge on any atom is -0.396 e. The predicted octanol–water partition coefficient (Wildman–Crippen LogP) is 2.73. The van der Waals surface area contributed by atoms with Gasteiger partial charge in [0.1, 0.15) is 0 Å². The summed E-state index contributed by atoms with van der Waals surface area (Å²) in [7, 11) is 0. The monoisotopic (exact) mass is 214 g/mol. The second-order valence-electron chi connectivity index (χ2n) is 5.02. The lowest BCUT2D eigenvalue weighted by molar-refractivity contribution is 0.190. The second-order valence-corrected chi connectivity index (χ2v) is 5.02. The maximum absolute atomic E-state index is 8.69. The van der Waals surface area contributed by atoms with E-state index in [0.29, 0.717) is 25.0 Å². The molecule has 2 aliphatic rings. The van der Waals surface area contributed by atoms with Crippen molar-refractivity contribution in [1.29, 1.82) is 0 Å². The molecule has 2 rings (SSSR count). The van der Waals surface area contributed by atoms with Crippen molar-refractivity contribution < 1.29 is 10.2 Å². The molecule has 2 N–H and O–H groups in total. The molecule has 0 unspecified atom stereocenters. The van der Waals surface area contributed by atoms with Crippen LogP contribution in [0.5, 0.6) is 0 Å². The molecule has 0 radical (unpaired) electrons. The molecule has 2 heteroatoms. The zero-order valence-electron chi connectivity index (χ0n) is 9.83. The van der Waals surface area contributed by atoms with E-state index < -0.39 is 0 Å². The number of aliphatic hydroxyl groups is 2. The molecule has 0 bridgehead atoms. The Bertz CT molecular complexity index is 135. The minimum atomic E-state index is 0.417. The molecule has 0 aromatic heterocycles. The van der Waals surface area contributed by atoms with E-state index in [4.69, 9.17) is 10.2 Å². The van der Waals surface area contributed by atoms with Crippen molar-refractivity contribution in [3.63, 3.8) is 0 Å². The molecule has 0 spiro atoms. The van der Waals surface area contributed by atoms with Crippen LogP contribution in [0.15, 0.2) is 0 Å². The lowest BCUT2D eigenvalue weighted by Gasteiger charge is -2.18. The van der Waals surface area contributed by atoms with E-state index in [9.17, 15) is 0 Å². The first kappa shape index (κ1) is 13.0. The SMILES string of the molecule is OCC1CCCC1.OCC1CCCCC1. The molecule has 0 aromatic rings. The van der Waals surface area contributed by atoms with Gasteiger partial charge in [0.2, 0.25) is 0 Å². The van der Waals surface area contributed by atoms with Crippen LogP contribution >= 0.6 is 0 Å². The number of hydrogen-bond acceptors (Lipinski definition) is 2. The molecule has 2 nitrogen and oxygen atoms in total. The summed E-state index contributed by atoms with van der Waals surface area (Å²) < 4.78 is 0. The van der Waals surface area contributed by atoms with Gasteiger partial charge in [-0.3, -0.25) is 0 Å². The largest absolute Gasteiger partial charge is 0.396 e. The second kappa shape index (κ2) is 8.12. The summed E-state index contributed by atoms with van der Waals surface area (Å²) in [6.07, 6.45) is 11.8. The molecule has 2 fully saturated rings. The van der Waals surface area contributed by atoms with Crippen molar-refractivity contribution in [2.24, 2.45) is 11.8 Å². The van der Waals surface area contributed by atoms with E-state index in [0.717, 1.165) is 0 Å². The van der Waals surface area contributed by atoms with Crippen molar-refractivity contribution >= 4 is 0 Å². The van der Waals surface area contributed by atoms with Crippen molar-refractivity contribution in [3.05, 3.63) is 0 Å². The number of rotatable bonds is 2. The van der Waals surface area contributed by atoms with Crippen molar-refractivity contribution in [2.75, 3.05) is 13.2 Å². The van der Waals surface area contributed by atoms with Crippen LogP contribution in [0.3, 0.4) is 0 Å². The highest BCUT2D eigenvalue weighted by Gasteiger charge is 2.12. The molecule has 0 amide bonds. The molecule has 0 heterocycles. The molecule has 15 heavy (non-hydrogen) atoms. The molecule has 90 valence electrons. The van der Waals surface area contributed by atoms with Gasteiger partial charge >= 0.3 is 0 Å². The fourth-order valence-corrected chi connectivity index (χ4v) is 2.56. The Labute approximate surface area is 93.7 Å². The molecular formula is C13H26O2. The average molecular weight is 214 g/mol. The Balaban J connectivity index is 0.000000151. The van der Waals surface area contributed by atoms with Crippen LogP contribution in [0.1, 0.15) is 57.8 Å². The summed E-state index contributed by atoms with van der Waals surface area (Å²) in [4.78, 5) is 0. The van der Waals surface area contributed by atoms with Gasteiger partial charge in [0.15, 0.2) is 0 Å². The van der Waals surface area contributed by atoms with E-state index in [2.05, 4.69) is 0 Å². The molecule has 2 aliphatic carbocycles. The highest BCUT2D eigenvalue weighted by Crippen LogP contribution is 2.23. The quantitative estimate of drug-likeness (QED) is 0.742. The zero-order chi connectivity index (χ0) is 10.9. The van der Waals surface area contributed by atoms with Gasteiger partial charge in [-0.25, -0.2) is 0 Å². The molecule has 0 atom stereocenters. The van der Waals surface area contributed by atoms with Crippen molar-refractivity contribution in [1.82, 2.24) is 0 Å². The summed E-state index contributed by atoms with van der Waals surface area (Å²) in [6.45, 7) is 0.833. The Morgan fingerprint density at radius 3 is 1.20 bits per heavy atom. The lowest BCUT2D eigenvalue weighted by atomic mass is 9.90. The van der Waals surface area contributed by atoms with Crippen molar-refractivity contribution in [2.45, 2.75) is 57.8 Å². The molecule has 0 aromatic carbocycles. The normalized spacial score (nSPS) is 23.6. The fourth-order valence-electron chi connectivity index (χ4n) is 2.56. The van der Waals surface area contributed by atoms with Crippen LogP contribution in [-0.2, 0) is 0 Å². The minimum absolute atomic E-state index is 0.417. The van der Waals surface area contributed by atoms with Gasteiger partial charge < -0.3 is 10.2 Å². The van der Waals surface area contributed by atoms with Crippen LogP contribution in [0.4, 0.5) is 0 Å². The Kier molecular flexibility index (Phi) is 7.03. The Morgan fingerprint density at radius 2 is 0.933 bits per heavy atom. The smallest absolute Gasteiger partial charge is 0.0459 e. The highest BCUT2D eigenvalue weighted by molar-refractivity contribution is 4.65. The third-order valence-corrected chi connectivity index (χ3v) is 3.72. The Morgan fingerprint density at radius 1 is 0.600 bits per heavy atom. The molecule has 0 aliphatic heterocycles. The average Bonchev–Trinajstić information content (AvgIpc) is 2.84. The summed E-state index contributed by atoms with van der Waals surface area (Å²) in [5.74, 6) is 1.30. The lowest BCUT2D eigenvalue weighted by Crippen LogP contribution is -2.09. The van der Waals surface area contributed by atoms with Gasteiger partial charge in [0.25, 0.3) is 0 Å². The maximum Gasteiger partial charge on any atom is 0.0459 e. The topological polar surface area (TPSA) is 40.5 Å². The first-order chi connectivity index (χ1) is 7.36. The zero-order valence-corrected chi connectivity index (χ0v) is 9.83. The van der Waals surface area contributed by atoms with Gasteiger partial charge in [0.05, 0.1) is 0 Å².